The minimum absolute atomic E-state index is 0.00851. The number of esters is 1. The molecule has 1 N–H and O–H groups in total. The molecule has 1 aromatic rings. The topological polar surface area (TPSA) is 126 Å². The zero-order chi connectivity index (χ0) is 28.1. The van der Waals surface area contributed by atoms with E-state index < -0.39 is 35.5 Å². The summed E-state index contributed by atoms with van der Waals surface area (Å²) in [5.74, 6) is -0.729. The average Bonchev–Trinajstić information content (AvgIpc) is 2.73. The molecule has 0 radical (unpaired) electrons. The molecule has 1 fully saturated rings. The summed E-state index contributed by atoms with van der Waals surface area (Å²) in [7, 11) is 0. The molecular weight excluding hydrogens is 550 g/mol. The Morgan fingerprint density at radius 3 is 1.89 bits per heavy atom. The number of ether oxygens (including phenoxy) is 3. The number of carbonyl (C=O) groups excluding carboxylic acids is 3. The second-order valence-electron chi connectivity index (χ2n) is 10.5. The van der Waals surface area contributed by atoms with E-state index in [4.69, 9.17) is 14.2 Å². The van der Waals surface area contributed by atoms with E-state index in [0.717, 1.165) is 4.90 Å². The molecule has 0 bridgehead atoms. The first-order chi connectivity index (χ1) is 17.0. The van der Waals surface area contributed by atoms with Crippen LogP contribution in [0.1, 0.15) is 64.4 Å². The molecular formula is C25H36BrN3O8. The van der Waals surface area contributed by atoms with Gasteiger partial charge in [0.1, 0.15) is 11.2 Å². The van der Waals surface area contributed by atoms with Crippen molar-refractivity contribution < 1.29 is 38.5 Å². The van der Waals surface area contributed by atoms with E-state index in [0.29, 0.717) is 36.2 Å². The largest absolute Gasteiger partial charge is 0.465 e. The Morgan fingerprint density at radius 1 is 0.946 bits per heavy atom. The van der Waals surface area contributed by atoms with Crippen molar-refractivity contribution in [2.24, 2.45) is 0 Å². The predicted molar refractivity (Wildman–Crippen MR) is 140 cm³/mol. The number of hydrogen-bond acceptors (Lipinski definition) is 8. The van der Waals surface area contributed by atoms with Crippen LogP contribution in [0.3, 0.4) is 0 Å². The average molecular weight is 586 g/mol. The van der Waals surface area contributed by atoms with Gasteiger partial charge in [-0.3, -0.25) is 4.90 Å². The lowest BCUT2D eigenvalue weighted by Crippen LogP contribution is -2.48. The third kappa shape index (κ3) is 8.89. The first-order valence-corrected chi connectivity index (χ1v) is 12.8. The Hall–Kier alpha value is -2.86. The van der Waals surface area contributed by atoms with Gasteiger partial charge in [-0.15, -0.1) is 0 Å². The van der Waals surface area contributed by atoms with Crippen molar-refractivity contribution in [3.05, 3.63) is 27.7 Å². The Balaban J connectivity index is 2.66. The second-order valence-corrected chi connectivity index (χ2v) is 11.4. The fraction of sp³-hybridized carbons (Fsp3) is 0.600. The summed E-state index contributed by atoms with van der Waals surface area (Å²) in [5.41, 5.74) is -1.45. The van der Waals surface area contributed by atoms with Crippen LogP contribution in [0.2, 0.25) is 0 Å². The van der Waals surface area contributed by atoms with Crippen molar-refractivity contribution in [1.82, 2.24) is 9.80 Å². The van der Waals surface area contributed by atoms with E-state index in [1.165, 1.54) is 11.0 Å². The van der Waals surface area contributed by atoms with Gasteiger partial charge in [-0.05, 0) is 66.2 Å². The van der Waals surface area contributed by atoms with Crippen LogP contribution in [-0.2, 0) is 20.8 Å². The molecule has 1 aromatic carbocycles. The van der Waals surface area contributed by atoms with Crippen LogP contribution in [0, 0.1) is 0 Å². The highest BCUT2D eigenvalue weighted by Gasteiger charge is 2.37. The number of amides is 3. The third-order valence-corrected chi connectivity index (χ3v) is 5.52. The standard InChI is InChI=1S/C25H36BrN3O8/c1-8-35-20(30)18-14-17(26)13-16(15-27-9-11-28(12-10-27)21(31)32)19(18)29(22(33)36-24(2,3)4)23(34)37-25(5,6)7/h13-14H,8-12,15H2,1-7H3,(H,31,32). The fourth-order valence-corrected chi connectivity index (χ4v) is 4.12. The van der Waals surface area contributed by atoms with Crippen LogP contribution in [0.25, 0.3) is 0 Å². The SMILES string of the molecule is CCOC(=O)c1cc(Br)cc(CN2CCN(C(=O)O)CC2)c1N(C(=O)OC(C)(C)C)C(=O)OC(C)(C)C. The van der Waals surface area contributed by atoms with Crippen LogP contribution in [0.15, 0.2) is 16.6 Å². The summed E-state index contributed by atoms with van der Waals surface area (Å²) in [6.07, 6.45) is -3.01. The molecule has 0 aromatic heterocycles. The highest BCUT2D eigenvalue weighted by molar-refractivity contribution is 9.10. The maximum Gasteiger partial charge on any atom is 0.424 e. The molecule has 206 valence electrons. The highest BCUT2D eigenvalue weighted by atomic mass is 79.9. The van der Waals surface area contributed by atoms with Gasteiger partial charge in [-0.2, -0.15) is 4.90 Å². The normalized spacial score (nSPS) is 14.6. The molecule has 0 aliphatic carbocycles. The van der Waals surface area contributed by atoms with Gasteiger partial charge in [0.25, 0.3) is 0 Å². The third-order valence-electron chi connectivity index (χ3n) is 5.06. The summed E-state index contributed by atoms with van der Waals surface area (Å²) >= 11 is 3.42. The fourth-order valence-electron chi connectivity index (χ4n) is 3.62. The quantitative estimate of drug-likeness (QED) is 0.371. The van der Waals surface area contributed by atoms with Crippen LogP contribution in [-0.4, -0.2) is 83.1 Å². The van der Waals surface area contributed by atoms with Crippen LogP contribution >= 0.6 is 15.9 Å². The molecule has 1 heterocycles. The van der Waals surface area contributed by atoms with Crippen molar-refractivity contribution in [2.75, 3.05) is 37.7 Å². The van der Waals surface area contributed by atoms with Gasteiger partial charge in [0.2, 0.25) is 0 Å². The molecule has 37 heavy (non-hydrogen) atoms. The number of imide groups is 1. The minimum atomic E-state index is -1.01. The lowest BCUT2D eigenvalue weighted by Gasteiger charge is -2.35. The lowest BCUT2D eigenvalue weighted by molar-refractivity contribution is 0.0428. The van der Waals surface area contributed by atoms with Gasteiger partial charge < -0.3 is 24.2 Å². The van der Waals surface area contributed by atoms with E-state index >= 15 is 0 Å². The molecule has 0 atom stereocenters. The number of carboxylic acid groups (broad SMARTS) is 1. The molecule has 12 heteroatoms. The van der Waals surface area contributed by atoms with E-state index in [1.807, 2.05) is 4.90 Å². The van der Waals surface area contributed by atoms with Crippen molar-refractivity contribution in [3.63, 3.8) is 0 Å². The number of rotatable bonds is 5. The Morgan fingerprint density at radius 2 is 1.46 bits per heavy atom. The zero-order valence-electron chi connectivity index (χ0n) is 22.4. The highest BCUT2D eigenvalue weighted by Crippen LogP contribution is 2.34. The molecule has 0 unspecified atom stereocenters. The number of halogens is 1. The first kappa shape index (κ1) is 30.4. The number of anilines is 1. The number of nitrogens with zero attached hydrogens (tertiary/aromatic N) is 3. The Labute approximate surface area is 225 Å². The van der Waals surface area contributed by atoms with Gasteiger partial charge in [0.15, 0.2) is 0 Å². The summed E-state index contributed by atoms with van der Waals surface area (Å²) in [6.45, 7) is 13.4. The molecule has 1 aliphatic rings. The predicted octanol–water partition coefficient (Wildman–Crippen LogP) is 5.10. The lowest BCUT2D eigenvalue weighted by atomic mass is 10.0. The van der Waals surface area contributed by atoms with Crippen LogP contribution in [0.5, 0.6) is 0 Å². The maximum absolute atomic E-state index is 13.4. The van der Waals surface area contributed by atoms with Gasteiger partial charge in [-0.1, -0.05) is 15.9 Å². The Bertz CT molecular complexity index is 996. The summed E-state index contributed by atoms with van der Waals surface area (Å²) in [5, 5.41) is 9.26. The van der Waals surface area contributed by atoms with E-state index in [-0.39, 0.29) is 24.4 Å². The molecule has 1 saturated heterocycles. The van der Waals surface area contributed by atoms with Gasteiger partial charge in [-0.25, -0.2) is 19.2 Å². The van der Waals surface area contributed by atoms with Crippen molar-refractivity contribution in [2.45, 2.75) is 66.2 Å². The second kappa shape index (κ2) is 12.1. The minimum Gasteiger partial charge on any atom is -0.465 e. The first-order valence-electron chi connectivity index (χ1n) is 12.0. The van der Waals surface area contributed by atoms with Crippen molar-refractivity contribution >= 4 is 45.9 Å². The monoisotopic (exact) mass is 585 g/mol. The van der Waals surface area contributed by atoms with Gasteiger partial charge in [0, 0.05) is 37.2 Å². The van der Waals surface area contributed by atoms with Gasteiger partial charge >= 0.3 is 24.2 Å². The number of carbonyl (C=O) groups is 4. The Kier molecular flexibility index (Phi) is 9.95. The van der Waals surface area contributed by atoms with Crippen LogP contribution in [0.4, 0.5) is 20.1 Å². The molecule has 0 saturated carbocycles. The van der Waals surface area contributed by atoms with Gasteiger partial charge in [0.05, 0.1) is 17.9 Å². The number of piperazine rings is 1. The molecule has 3 amide bonds. The van der Waals surface area contributed by atoms with E-state index in [9.17, 15) is 24.3 Å². The molecule has 2 rings (SSSR count). The molecule has 0 spiro atoms. The van der Waals surface area contributed by atoms with Crippen molar-refractivity contribution in [3.8, 4) is 0 Å². The zero-order valence-corrected chi connectivity index (χ0v) is 24.0. The maximum atomic E-state index is 13.4. The summed E-state index contributed by atoms with van der Waals surface area (Å²) in [6, 6.07) is 3.17. The van der Waals surface area contributed by atoms with E-state index in [1.54, 1.807) is 54.5 Å². The number of hydrogen-bond donors (Lipinski definition) is 1. The molecule has 11 nitrogen and oxygen atoms in total. The smallest absolute Gasteiger partial charge is 0.424 e. The van der Waals surface area contributed by atoms with Crippen LogP contribution < -0.4 is 4.90 Å². The summed E-state index contributed by atoms with van der Waals surface area (Å²) < 4.78 is 16.9. The van der Waals surface area contributed by atoms with E-state index in [2.05, 4.69) is 15.9 Å². The number of benzene rings is 1. The molecule has 1 aliphatic heterocycles. The van der Waals surface area contributed by atoms with Crippen molar-refractivity contribution in [1.29, 1.82) is 0 Å². The summed E-state index contributed by atoms with van der Waals surface area (Å²) in [4.78, 5) is 55.2.